The van der Waals surface area contributed by atoms with E-state index >= 15 is 0 Å². The van der Waals surface area contributed by atoms with Gasteiger partial charge in [-0.25, -0.2) is 14.6 Å². The number of nitrogens with two attached hydrogens (primary N) is 1. The Balaban J connectivity index is 0.000000479. The van der Waals surface area contributed by atoms with E-state index in [0.717, 1.165) is 22.4 Å². The summed E-state index contributed by atoms with van der Waals surface area (Å²) in [6.45, 7) is 0.414. The van der Waals surface area contributed by atoms with Crippen LogP contribution in [0.15, 0.2) is 66.9 Å². The van der Waals surface area contributed by atoms with Gasteiger partial charge >= 0.3 is 18.2 Å². The highest BCUT2D eigenvalue weighted by Crippen LogP contribution is 2.22. The van der Waals surface area contributed by atoms with E-state index in [4.69, 9.17) is 20.4 Å². The number of nitrogen functional groups attached to an aromatic ring is 1. The number of benzene rings is 2. The van der Waals surface area contributed by atoms with E-state index in [1.165, 1.54) is 0 Å². The van der Waals surface area contributed by atoms with Crippen LogP contribution in [0.1, 0.15) is 5.56 Å². The molecule has 11 heteroatoms. The van der Waals surface area contributed by atoms with Crippen LogP contribution >= 0.6 is 0 Å². The molecule has 2 amide bonds. The monoisotopic (exact) mass is 462 g/mol. The van der Waals surface area contributed by atoms with Crippen molar-refractivity contribution in [3.05, 3.63) is 72.4 Å². The number of anilines is 2. The van der Waals surface area contributed by atoms with E-state index in [9.17, 15) is 18.0 Å². The molecular formula is C22H21F3N4O4. The fraction of sp³-hybridized carbons (Fsp3) is 0.136. The van der Waals surface area contributed by atoms with Gasteiger partial charge in [0.1, 0.15) is 11.6 Å². The molecule has 3 aromatic rings. The Morgan fingerprint density at radius 2 is 1.73 bits per heavy atom. The number of hydrogen-bond acceptors (Lipinski definition) is 5. The van der Waals surface area contributed by atoms with E-state index in [1.807, 2.05) is 60.7 Å². The first kappa shape index (κ1) is 25.0. The van der Waals surface area contributed by atoms with Crippen molar-refractivity contribution in [2.45, 2.75) is 12.7 Å². The standard InChI is InChI=1S/C20H20N4O2.C2HF3O2/c1-26-18-4-2-3-14(11-18)13-23-20(25)24-17-7-5-15(6-8-17)16-9-10-22-19(21)12-16;3-2(4,5)1(6)7/h2-12H,13H2,1H3,(H2,21,22)(H2,23,24,25);(H,6,7). The second-order valence-electron chi connectivity index (χ2n) is 6.51. The summed E-state index contributed by atoms with van der Waals surface area (Å²) >= 11 is 0. The molecule has 0 aliphatic carbocycles. The summed E-state index contributed by atoms with van der Waals surface area (Å²) in [5.41, 5.74) is 9.36. The summed E-state index contributed by atoms with van der Waals surface area (Å²) in [6, 6.07) is 18.5. The largest absolute Gasteiger partial charge is 0.497 e. The van der Waals surface area contributed by atoms with Crippen LogP contribution in [0.2, 0.25) is 0 Å². The molecule has 0 saturated heterocycles. The Hall–Kier alpha value is -4.28. The summed E-state index contributed by atoms with van der Waals surface area (Å²) in [6.07, 6.45) is -3.41. The fourth-order valence-electron chi connectivity index (χ4n) is 2.51. The fourth-order valence-corrected chi connectivity index (χ4v) is 2.51. The number of pyridine rings is 1. The molecule has 8 nitrogen and oxygen atoms in total. The maximum absolute atomic E-state index is 12.1. The molecule has 0 aliphatic rings. The third kappa shape index (κ3) is 8.40. The number of carboxylic acid groups (broad SMARTS) is 1. The normalized spacial score (nSPS) is 10.4. The molecule has 174 valence electrons. The third-order valence-corrected chi connectivity index (χ3v) is 4.09. The lowest BCUT2D eigenvalue weighted by atomic mass is 10.1. The third-order valence-electron chi connectivity index (χ3n) is 4.09. The Labute approximate surface area is 187 Å². The van der Waals surface area contributed by atoms with Crippen LogP contribution in [-0.4, -0.2) is 35.4 Å². The number of nitrogens with one attached hydrogen (secondary N) is 2. The van der Waals surface area contributed by atoms with E-state index in [0.29, 0.717) is 18.1 Å². The molecule has 3 rings (SSSR count). The molecule has 0 bridgehead atoms. The predicted molar refractivity (Wildman–Crippen MR) is 117 cm³/mol. The van der Waals surface area contributed by atoms with Crippen molar-refractivity contribution in [1.82, 2.24) is 10.3 Å². The number of aromatic nitrogens is 1. The van der Waals surface area contributed by atoms with E-state index in [1.54, 1.807) is 13.3 Å². The number of urea groups is 1. The van der Waals surface area contributed by atoms with Crippen molar-refractivity contribution >= 4 is 23.5 Å². The Morgan fingerprint density at radius 3 is 2.30 bits per heavy atom. The van der Waals surface area contributed by atoms with Gasteiger partial charge in [0.15, 0.2) is 0 Å². The van der Waals surface area contributed by atoms with Crippen LogP contribution in [0, 0.1) is 0 Å². The number of hydrogen-bond donors (Lipinski definition) is 4. The molecule has 0 unspecified atom stereocenters. The first-order chi connectivity index (χ1) is 15.6. The van der Waals surface area contributed by atoms with Gasteiger partial charge in [-0.3, -0.25) is 0 Å². The minimum absolute atomic E-state index is 0.270. The van der Waals surface area contributed by atoms with Crippen molar-refractivity contribution in [1.29, 1.82) is 0 Å². The van der Waals surface area contributed by atoms with Crippen LogP contribution in [0.25, 0.3) is 11.1 Å². The van der Waals surface area contributed by atoms with Gasteiger partial charge < -0.3 is 26.2 Å². The van der Waals surface area contributed by atoms with Crippen LogP contribution in [0.3, 0.4) is 0 Å². The number of methoxy groups -OCH3 is 1. The van der Waals surface area contributed by atoms with Crippen LogP contribution in [-0.2, 0) is 11.3 Å². The average Bonchev–Trinajstić information content (AvgIpc) is 2.78. The zero-order valence-corrected chi connectivity index (χ0v) is 17.4. The number of amides is 2. The van der Waals surface area contributed by atoms with Gasteiger partial charge in [-0.2, -0.15) is 13.2 Å². The predicted octanol–water partition coefficient (Wildman–Crippen LogP) is 4.29. The van der Waals surface area contributed by atoms with Crippen LogP contribution in [0.5, 0.6) is 5.75 Å². The first-order valence-corrected chi connectivity index (χ1v) is 9.38. The summed E-state index contributed by atoms with van der Waals surface area (Å²) in [5.74, 6) is -1.52. The second kappa shape index (κ2) is 11.4. The number of nitrogens with zero attached hydrogens (tertiary/aromatic N) is 1. The lowest BCUT2D eigenvalue weighted by molar-refractivity contribution is -0.192. The smallest absolute Gasteiger partial charge is 0.490 e. The number of aliphatic carboxylic acids is 1. The van der Waals surface area contributed by atoms with Crippen molar-refractivity contribution in [3.8, 4) is 16.9 Å². The quantitative estimate of drug-likeness (QED) is 0.448. The Kier molecular flexibility index (Phi) is 8.61. The van der Waals surface area contributed by atoms with Crippen molar-refractivity contribution in [3.63, 3.8) is 0 Å². The number of alkyl halides is 3. The molecular weight excluding hydrogens is 441 g/mol. The van der Waals surface area contributed by atoms with E-state index in [-0.39, 0.29) is 6.03 Å². The minimum Gasteiger partial charge on any atom is -0.497 e. The average molecular weight is 462 g/mol. The highest BCUT2D eigenvalue weighted by atomic mass is 19.4. The van der Waals surface area contributed by atoms with Gasteiger partial charge in [-0.15, -0.1) is 0 Å². The minimum atomic E-state index is -5.08. The van der Waals surface area contributed by atoms with Gasteiger partial charge in [0.2, 0.25) is 0 Å². The highest BCUT2D eigenvalue weighted by molar-refractivity contribution is 5.89. The highest BCUT2D eigenvalue weighted by Gasteiger charge is 2.38. The number of carbonyl (C=O) groups is 2. The van der Waals surface area contributed by atoms with E-state index in [2.05, 4.69) is 15.6 Å². The number of carbonyl (C=O) groups excluding carboxylic acids is 1. The molecule has 0 fully saturated rings. The zero-order chi connectivity index (χ0) is 24.4. The number of ether oxygens (including phenoxy) is 1. The Bertz CT molecular complexity index is 1090. The van der Waals surface area contributed by atoms with Gasteiger partial charge in [0.05, 0.1) is 7.11 Å². The maximum atomic E-state index is 12.1. The molecule has 1 heterocycles. The lowest BCUT2D eigenvalue weighted by Gasteiger charge is -2.09. The molecule has 0 atom stereocenters. The summed E-state index contributed by atoms with van der Waals surface area (Å²) < 4.78 is 36.9. The van der Waals surface area contributed by atoms with E-state index < -0.39 is 12.1 Å². The lowest BCUT2D eigenvalue weighted by Crippen LogP contribution is -2.28. The molecule has 0 aliphatic heterocycles. The molecule has 5 N–H and O–H groups in total. The summed E-state index contributed by atoms with van der Waals surface area (Å²) in [5, 5.41) is 12.8. The molecule has 0 saturated carbocycles. The topological polar surface area (TPSA) is 127 Å². The maximum Gasteiger partial charge on any atom is 0.490 e. The number of halogens is 3. The summed E-state index contributed by atoms with van der Waals surface area (Å²) in [4.78, 5) is 24.9. The molecule has 33 heavy (non-hydrogen) atoms. The molecule has 2 aromatic carbocycles. The van der Waals surface area contributed by atoms with Gasteiger partial charge in [-0.05, 0) is 53.1 Å². The number of carboxylic acids is 1. The van der Waals surface area contributed by atoms with Gasteiger partial charge in [-0.1, -0.05) is 24.3 Å². The van der Waals surface area contributed by atoms with Crippen molar-refractivity contribution in [2.75, 3.05) is 18.2 Å². The molecule has 0 radical (unpaired) electrons. The second-order valence-corrected chi connectivity index (χ2v) is 6.51. The number of rotatable bonds is 5. The van der Waals surface area contributed by atoms with Gasteiger partial charge in [0.25, 0.3) is 0 Å². The van der Waals surface area contributed by atoms with Crippen molar-refractivity contribution < 1.29 is 32.6 Å². The SMILES string of the molecule is COc1cccc(CNC(=O)Nc2ccc(-c3ccnc(N)c3)cc2)c1.O=C(O)C(F)(F)F. The molecule has 1 aromatic heterocycles. The van der Waals surface area contributed by atoms with Crippen LogP contribution < -0.4 is 21.1 Å². The first-order valence-electron chi connectivity index (χ1n) is 9.38. The van der Waals surface area contributed by atoms with Crippen LogP contribution in [0.4, 0.5) is 29.5 Å². The Morgan fingerprint density at radius 1 is 1.06 bits per heavy atom. The summed E-state index contributed by atoms with van der Waals surface area (Å²) in [7, 11) is 1.61. The van der Waals surface area contributed by atoms with Gasteiger partial charge in [0, 0.05) is 18.4 Å². The molecule has 0 spiro atoms. The van der Waals surface area contributed by atoms with Crippen molar-refractivity contribution in [2.24, 2.45) is 0 Å². The zero-order valence-electron chi connectivity index (χ0n) is 17.4.